The molecule has 1 saturated heterocycles. The molecule has 1 aromatic carbocycles. The van der Waals surface area contributed by atoms with Crippen LogP contribution >= 0.6 is 0 Å². The Morgan fingerprint density at radius 2 is 1.90 bits per heavy atom. The third-order valence-corrected chi connectivity index (χ3v) is 5.86. The SMILES string of the molecule is O=C(NC[C@H]1[C@H]2C[C@H](CN(C(=O)CO)C2)c2cccc(=O)n21)c1ccc(F)cc1. The summed E-state index contributed by atoms with van der Waals surface area (Å²) in [7, 11) is 0. The number of carbonyl (C=O) groups is 2. The van der Waals surface area contributed by atoms with E-state index >= 15 is 0 Å². The number of fused-ring (bicyclic) bond motifs is 4. The van der Waals surface area contributed by atoms with Gasteiger partial charge in [0.05, 0.1) is 6.04 Å². The van der Waals surface area contributed by atoms with Crippen LogP contribution in [0, 0.1) is 11.7 Å². The minimum absolute atomic E-state index is 0.0159. The number of aliphatic hydroxyl groups is 1. The summed E-state index contributed by atoms with van der Waals surface area (Å²) in [6, 6.07) is 10.0. The van der Waals surface area contributed by atoms with Gasteiger partial charge in [-0.1, -0.05) is 6.07 Å². The highest BCUT2D eigenvalue weighted by Crippen LogP contribution is 2.40. The average molecular weight is 399 g/mol. The molecule has 2 aliphatic heterocycles. The number of hydrogen-bond donors (Lipinski definition) is 2. The van der Waals surface area contributed by atoms with Crippen molar-refractivity contribution in [2.24, 2.45) is 5.92 Å². The molecule has 0 aliphatic carbocycles. The molecule has 2 bridgehead atoms. The van der Waals surface area contributed by atoms with Crippen molar-refractivity contribution >= 4 is 11.8 Å². The van der Waals surface area contributed by atoms with Crippen LogP contribution in [0.5, 0.6) is 0 Å². The lowest BCUT2D eigenvalue weighted by molar-refractivity contribution is -0.137. The quantitative estimate of drug-likeness (QED) is 0.799. The summed E-state index contributed by atoms with van der Waals surface area (Å²) in [5.74, 6) is -1.11. The molecular formula is C21H22FN3O4. The number of pyridine rings is 1. The van der Waals surface area contributed by atoms with Gasteiger partial charge in [-0.05, 0) is 42.7 Å². The molecule has 8 heteroatoms. The number of nitrogens with one attached hydrogen (secondary N) is 1. The maximum absolute atomic E-state index is 13.1. The first-order valence-electron chi connectivity index (χ1n) is 9.61. The van der Waals surface area contributed by atoms with E-state index in [0.717, 1.165) is 12.1 Å². The van der Waals surface area contributed by atoms with E-state index in [2.05, 4.69) is 5.32 Å². The Bertz CT molecular complexity index is 988. The third-order valence-electron chi connectivity index (χ3n) is 5.86. The Morgan fingerprint density at radius 3 is 2.62 bits per heavy atom. The number of aromatic nitrogens is 1. The van der Waals surface area contributed by atoms with E-state index in [4.69, 9.17) is 0 Å². The van der Waals surface area contributed by atoms with Crippen LogP contribution in [0.25, 0.3) is 0 Å². The first kappa shape index (κ1) is 19.3. The molecule has 1 aromatic heterocycles. The molecule has 152 valence electrons. The van der Waals surface area contributed by atoms with Crippen molar-refractivity contribution in [1.29, 1.82) is 0 Å². The van der Waals surface area contributed by atoms with Crippen LogP contribution in [0.3, 0.4) is 0 Å². The lowest BCUT2D eigenvalue weighted by Gasteiger charge is -2.46. The number of piperidine rings is 1. The zero-order valence-corrected chi connectivity index (χ0v) is 15.8. The van der Waals surface area contributed by atoms with E-state index in [-0.39, 0.29) is 41.8 Å². The van der Waals surface area contributed by atoms with Crippen molar-refractivity contribution in [2.75, 3.05) is 26.2 Å². The Hall–Kier alpha value is -3.00. The zero-order chi connectivity index (χ0) is 20.5. The molecule has 2 aromatic rings. The van der Waals surface area contributed by atoms with Gasteiger partial charge in [0.15, 0.2) is 0 Å². The van der Waals surface area contributed by atoms with Crippen molar-refractivity contribution in [1.82, 2.24) is 14.8 Å². The molecule has 0 spiro atoms. The summed E-state index contributed by atoms with van der Waals surface area (Å²) in [6.45, 7) is 0.556. The minimum atomic E-state index is -0.549. The van der Waals surface area contributed by atoms with Crippen molar-refractivity contribution < 1.29 is 19.1 Å². The number of nitrogens with zero attached hydrogens (tertiary/aromatic N) is 2. The monoisotopic (exact) mass is 399 g/mol. The Balaban J connectivity index is 1.60. The topological polar surface area (TPSA) is 91.6 Å². The summed E-state index contributed by atoms with van der Waals surface area (Å²) in [4.78, 5) is 38.8. The molecule has 4 rings (SSSR count). The summed E-state index contributed by atoms with van der Waals surface area (Å²) in [5.41, 5.74) is 1.03. The highest BCUT2D eigenvalue weighted by Gasteiger charge is 2.41. The first-order chi connectivity index (χ1) is 14.0. The van der Waals surface area contributed by atoms with Gasteiger partial charge in [0.2, 0.25) is 5.91 Å². The molecule has 1 fully saturated rings. The molecular weight excluding hydrogens is 377 g/mol. The number of amides is 2. The maximum atomic E-state index is 13.1. The van der Waals surface area contributed by atoms with E-state index < -0.39 is 12.4 Å². The minimum Gasteiger partial charge on any atom is -0.387 e. The molecule has 29 heavy (non-hydrogen) atoms. The molecule has 2 aliphatic rings. The molecule has 2 N–H and O–H groups in total. The largest absolute Gasteiger partial charge is 0.387 e. The van der Waals surface area contributed by atoms with Crippen molar-refractivity contribution in [2.45, 2.75) is 18.4 Å². The van der Waals surface area contributed by atoms with E-state index in [1.807, 2.05) is 6.07 Å². The van der Waals surface area contributed by atoms with Gasteiger partial charge in [0.1, 0.15) is 12.4 Å². The lowest BCUT2D eigenvalue weighted by atomic mass is 9.78. The van der Waals surface area contributed by atoms with E-state index in [0.29, 0.717) is 18.7 Å². The van der Waals surface area contributed by atoms with Crippen LogP contribution in [0.4, 0.5) is 4.39 Å². The fraction of sp³-hybridized carbons (Fsp3) is 0.381. The second-order valence-electron chi connectivity index (χ2n) is 7.59. The summed E-state index contributed by atoms with van der Waals surface area (Å²) in [5, 5.41) is 12.1. The summed E-state index contributed by atoms with van der Waals surface area (Å²) < 4.78 is 14.8. The van der Waals surface area contributed by atoms with Crippen molar-refractivity contribution in [3.8, 4) is 0 Å². The number of rotatable bonds is 4. The number of likely N-dealkylation sites (tertiary alicyclic amines) is 1. The molecule has 3 heterocycles. The maximum Gasteiger partial charge on any atom is 0.251 e. The third kappa shape index (κ3) is 3.67. The van der Waals surface area contributed by atoms with Gasteiger partial charge in [0, 0.05) is 42.9 Å². The fourth-order valence-electron chi connectivity index (χ4n) is 4.51. The van der Waals surface area contributed by atoms with Gasteiger partial charge in [0.25, 0.3) is 11.5 Å². The zero-order valence-electron chi connectivity index (χ0n) is 15.8. The number of benzene rings is 1. The van der Waals surface area contributed by atoms with E-state index in [1.54, 1.807) is 15.5 Å². The highest BCUT2D eigenvalue weighted by atomic mass is 19.1. The predicted molar refractivity (Wildman–Crippen MR) is 103 cm³/mol. The van der Waals surface area contributed by atoms with Crippen molar-refractivity contribution in [3.05, 3.63) is 69.9 Å². The number of aliphatic hydroxyl groups excluding tert-OH is 1. The van der Waals surface area contributed by atoms with E-state index in [1.165, 1.54) is 30.3 Å². The van der Waals surface area contributed by atoms with Crippen molar-refractivity contribution in [3.63, 3.8) is 0 Å². The number of carbonyl (C=O) groups excluding carboxylic acids is 2. The van der Waals surface area contributed by atoms with Crippen LogP contribution in [-0.2, 0) is 4.79 Å². The molecule has 0 unspecified atom stereocenters. The number of halogens is 1. The molecule has 2 amide bonds. The van der Waals surface area contributed by atoms with Gasteiger partial charge in [-0.15, -0.1) is 0 Å². The Morgan fingerprint density at radius 1 is 1.14 bits per heavy atom. The van der Waals surface area contributed by atoms with Gasteiger partial charge in [-0.3, -0.25) is 14.4 Å². The molecule has 7 nitrogen and oxygen atoms in total. The second kappa shape index (κ2) is 7.79. The lowest BCUT2D eigenvalue weighted by Crippen LogP contribution is -2.53. The van der Waals surface area contributed by atoms with Gasteiger partial charge >= 0.3 is 0 Å². The molecule has 0 radical (unpaired) electrons. The Labute approximate surface area is 166 Å². The van der Waals surface area contributed by atoms with Crippen LogP contribution < -0.4 is 10.9 Å². The predicted octanol–water partition coefficient (Wildman–Crippen LogP) is 0.896. The second-order valence-corrected chi connectivity index (χ2v) is 7.59. The van der Waals surface area contributed by atoms with Crippen LogP contribution in [0.1, 0.15) is 34.4 Å². The molecule has 0 saturated carbocycles. The van der Waals surface area contributed by atoms with Crippen LogP contribution in [0.2, 0.25) is 0 Å². The van der Waals surface area contributed by atoms with E-state index in [9.17, 15) is 23.9 Å². The first-order valence-corrected chi connectivity index (χ1v) is 9.61. The smallest absolute Gasteiger partial charge is 0.251 e. The van der Waals surface area contributed by atoms with Gasteiger partial charge in [-0.2, -0.15) is 0 Å². The van der Waals surface area contributed by atoms with Gasteiger partial charge < -0.3 is 19.9 Å². The van der Waals surface area contributed by atoms with Crippen LogP contribution in [0.15, 0.2) is 47.3 Å². The number of hydrogen-bond acceptors (Lipinski definition) is 4. The fourth-order valence-corrected chi connectivity index (χ4v) is 4.51. The highest BCUT2D eigenvalue weighted by molar-refractivity contribution is 5.94. The molecule has 3 atom stereocenters. The summed E-state index contributed by atoms with van der Waals surface area (Å²) in [6.07, 6.45) is 0.801. The standard InChI is InChI=1S/C21H22FN3O4/c22-16-6-4-13(5-7-16)21(29)23-9-18-15-8-14(10-24(11-15)20(28)12-26)17-2-1-3-19(27)25(17)18/h1-7,14-15,18,26H,8-12H2,(H,23,29)/t14-,15+,18+/m1/s1. The van der Waals surface area contributed by atoms with Crippen LogP contribution in [-0.4, -0.2) is 52.6 Å². The average Bonchev–Trinajstić information content (AvgIpc) is 2.73. The normalized spacial score (nSPS) is 22.7. The summed E-state index contributed by atoms with van der Waals surface area (Å²) >= 11 is 0. The Kier molecular flexibility index (Phi) is 5.19. The van der Waals surface area contributed by atoms with Gasteiger partial charge in [-0.25, -0.2) is 4.39 Å².